The summed E-state index contributed by atoms with van der Waals surface area (Å²) >= 11 is 1.19. The predicted octanol–water partition coefficient (Wildman–Crippen LogP) is 4.23. The summed E-state index contributed by atoms with van der Waals surface area (Å²) in [4.78, 5) is 25.2. The van der Waals surface area contributed by atoms with Crippen molar-refractivity contribution in [3.8, 4) is 6.07 Å². The Bertz CT molecular complexity index is 1330. The number of rotatable bonds is 10. The molecule has 3 rings (SSSR count). The van der Waals surface area contributed by atoms with Gasteiger partial charge in [-0.15, -0.1) is 0 Å². The fourth-order valence-electron chi connectivity index (χ4n) is 3.17. The number of pyridine rings is 1. The van der Waals surface area contributed by atoms with Crippen LogP contribution in [0.5, 0.6) is 0 Å². The number of benzene rings is 1. The van der Waals surface area contributed by atoms with E-state index in [0.717, 1.165) is 25.0 Å². The fourth-order valence-corrected chi connectivity index (χ4v) is 4.90. The van der Waals surface area contributed by atoms with Crippen LogP contribution in [0, 0.1) is 25.2 Å². The number of unbranched alkanes of at least 4 members (excludes halogenated alkanes) is 1. The number of aromatic nitrogens is 3. The van der Waals surface area contributed by atoms with Crippen LogP contribution in [-0.4, -0.2) is 35.0 Å². The van der Waals surface area contributed by atoms with Crippen molar-refractivity contribution in [1.82, 2.24) is 15.0 Å². The molecule has 1 aromatic carbocycles. The van der Waals surface area contributed by atoms with Gasteiger partial charge >= 0.3 is 0 Å². The second kappa shape index (κ2) is 11.8. The molecular weight excluding hydrogens is 484 g/mol. The zero-order valence-corrected chi connectivity index (χ0v) is 21.3. The third-order valence-electron chi connectivity index (χ3n) is 4.82. The Balaban J connectivity index is 1.61. The van der Waals surface area contributed by atoms with Gasteiger partial charge < -0.3 is 5.32 Å². The normalized spacial score (nSPS) is 11.0. The zero-order valence-electron chi connectivity index (χ0n) is 19.7. The van der Waals surface area contributed by atoms with E-state index in [0.29, 0.717) is 27.7 Å². The molecule has 2 N–H and O–H groups in total. The Hall–Kier alpha value is -3.49. The molecule has 0 fully saturated rings. The molecule has 2 heterocycles. The highest BCUT2D eigenvalue weighted by atomic mass is 32.2. The number of aryl methyl sites for hydroxylation is 3. The molecule has 2 aromatic heterocycles. The molecule has 0 radical (unpaired) electrons. The van der Waals surface area contributed by atoms with Crippen LogP contribution in [-0.2, 0) is 21.2 Å². The molecule has 0 atom stereocenters. The number of carbonyl (C=O) groups is 1. The summed E-state index contributed by atoms with van der Waals surface area (Å²) in [7, 11) is -3.89. The van der Waals surface area contributed by atoms with Crippen LogP contribution in [0.25, 0.3) is 0 Å². The van der Waals surface area contributed by atoms with E-state index in [1.165, 1.54) is 36.0 Å². The maximum atomic E-state index is 12.7. The first kappa shape index (κ1) is 26.1. The van der Waals surface area contributed by atoms with Crippen LogP contribution < -0.4 is 10.0 Å². The molecule has 0 aliphatic rings. The van der Waals surface area contributed by atoms with Gasteiger partial charge in [0, 0.05) is 22.8 Å². The molecule has 0 aliphatic heterocycles. The van der Waals surface area contributed by atoms with Crippen molar-refractivity contribution in [2.24, 2.45) is 0 Å². The Kier molecular flexibility index (Phi) is 8.78. The highest BCUT2D eigenvalue weighted by Gasteiger charge is 2.17. The van der Waals surface area contributed by atoms with Gasteiger partial charge in [-0.3, -0.25) is 4.79 Å². The van der Waals surface area contributed by atoms with Crippen LogP contribution in [0.3, 0.4) is 0 Å². The summed E-state index contributed by atoms with van der Waals surface area (Å²) in [5.74, 6) is -0.233. The summed E-state index contributed by atoms with van der Waals surface area (Å²) in [6, 6.07) is 13.2. The average molecular weight is 511 g/mol. The second-order valence-corrected chi connectivity index (χ2v) is 10.5. The van der Waals surface area contributed by atoms with E-state index in [-0.39, 0.29) is 22.5 Å². The quantitative estimate of drug-likeness (QED) is 0.386. The van der Waals surface area contributed by atoms with Crippen molar-refractivity contribution in [3.05, 3.63) is 65.1 Å². The summed E-state index contributed by atoms with van der Waals surface area (Å²) in [5.41, 5.74) is 3.07. The Morgan fingerprint density at radius 1 is 1.06 bits per heavy atom. The first-order chi connectivity index (χ1) is 16.7. The molecule has 182 valence electrons. The van der Waals surface area contributed by atoms with Gasteiger partial charge in [0.1, 0.15) is 11.1 Å². The van der Waals surface area contributed by atoms with Crippen LogP contribution in [0.2, 0.25) is 0 Å². The molecule has 0 aliphatic carbocycles. The predicted molar refractivity (Wildman–Crippen MR) is 136 cm³/mol. The van der Waals surface area contributed by atoms with Crippen molar-refractivity contribution in [2.75, 3.05) is 15.8 Å². The first-order valence-electron chi connectivity index (χ1n) is 11.0. The Labute approximate surface area is 209 Å². The summed E-state index contributed by atoms with van der Waals surface area (Å²) in [5, 5.41) is 12.6. The van der Waals surface area contributed by atoms with E-state index >= 15 is 0 Å². The van der Waals surface area contributed by atoms with Crippen LogP contribution in [0.4, 0.5) is 11.6 Å². The number of hydrogen-bond acceptors (Lipinski definition) is 8. The highest BCUT2D eigenvalue weighted by Crippen LogP contribution is 2.22. The number of hydrogen-bond donors (Lipinski definition) is 2. The second-order valence-electron chi connectivity index (χ2n) is 7.81. The Morgan fingerprint density at radius 3 is 2.37 bits per heavy atom. The monoisotopic (exact) mass is 510 g/mol. The number of nitriles is 1. The lowest BCUT2D eigenvalue weighted by Gasteiger charge is -2.10. The molecule has 0 bridgehead atoms. The maximum absolute atomic E-state index is 12.7. The largest absolute Gasteiger partial charge is 0.325 e. The number of nitrogens with zero attached hydrogens (tertiary/aromatic N) is 4. The van der Waals surface area contributed by atoms with E-state index in [1.807, 2.05) is 6.07 Å². The van der Waals surface area contributed by atoms with Gasteiger partial charge in [0.15, 0.2) is 0 Å². The van der Waals surface area contributed by atoms with E-state index in [2.05, 4.69) is 38.0 Å². The van der Waals surface area contributed by atoms with Gasteiger partial charge in [0.05, 0.1) is 16.2 Å². The number of nitrogens with one attached hydrogen (secondary N) is 2. The van der Waals surface area contributed by atoms with Crippen molar-refractivity contribution >= 4 is 39.3 Å². The number of thioether (sulfide) groups is 1. The van der Waals surface area contributed by atoms with E-state index in [9.17, 15) is 18.5 Å². The minimum atomic E-state index is -3.89. The van der Waals surface area contributed by atoms with Gasteiger partial charge in [-0.05, 0) is 69.2 Å². The molecule has 0 spiro atoms. The zero-order chi connectivity index (χ0) is 25.4. The average Bonchev–Trinajstić information content (AvgIpc) is 2.81. The third-order valence-corrected chi connectivity index (χ3v) is 7.16. The number of carbonyl (C=O) groups excluding carboxylic acids is 1. The van der Waals surface area contributed by atoms with Gasteiger partial charge in [-0.2, -0.15) is 5.26 Å². The minimum absolute atomic E-state index is 0.000940. The van der Waals surface area contributed by atoms with Gasteiger partial charge in [0.25, 0.3) is 10.0 Å². The lowest BCUT2D eigenvalue weighted by molar-refractivity contribution is -0.113. The SMILES string of the molecule is CCCCc1ccc(C#N)c(SCC(=O)Nc2ccc(S(=O)(=O)Nc3nc(C)cc(C)n3)cc2)n1. The molecule has 3 aromatic rings. The lowest BCUT2D eigenvalue weighted by atomic mass is 10.2. The standard InChI is InChI=1S/C24H26N6O3S2/c1-4-5-6-19-8-7-18(14-25)23(29-19)34-15-22(31)28-20-9-11-21(12-10-20)35(32,33)30-24-26-16(2)13-17(3)27-24/h7-13H,4-6,15H2,1-3H3,(H,28,31)(H,26,27,30). The number of sulfonamides is 1. The number of anilines is 2. The fraction of sp³-hybridized carbons (Fsp3) is 0.292. The molecule has 0 saturated heterocycles. The summed E-state index contributed by atoms with van der Waals surface area (Å²) in [6.07, 6.45) is 2.87. The summed E-state index contributed by atoms with van der Waals surface area (Å²) < 4.78 is 27.7. The van der Waals surface area contributed by atoms with Crippen molar-refractivity contribution in [2.45, 2.75) is 50.0 Å². The van der Waals surface area contributed by atoms with E-state index < -0.39 is 10.0 Å². The molecule has 0 saturated carbocycles. The van der Waals surface area contributed by atoms with Crippen molar-refractivity contribution < 1.29 is 13.2 Å². The first-order valence-corrected chi connectivity index (χ1v) is 13.4. The third kappa shape index (κ3) is 7.50. The van der Waals surface area contributed by atoms with Crippen LogP contribution in [0.1, 0.15) is 42.4 Å². The summed E-state index contributed by atoms with van der Waals surface area (Å²) in [6.45, 7) is 5.60. The molecule has 9 nitrogen and oxygen atoms in total. The molecular formula is C24H26N6O3S2. The molecule has 0 unspecified atom stereocenters. The Morgan fingerprint density at radius 2 is 1.74 bits per heavy atom. The maximum Gasteiger partial charge on any atom is 0.264 e. The van der Waals surface area contributed by atoms with Crippen LogP contribution in [0.15, 0.2) is 52.4 Å². The van der Waals surface area contributed by atoms with Crippen LogP contribution >= 0.6 is 11.8 Å². The topological polar surface area (TPSA) is 138 Å². The van der Waals surface area contributed by atoms with Crippen molar-refractivity contribution in [1.29, 1.82) is 5.26 Å². The highest BCUT2D eigenvalue weighted by molar-refractivity contribution is 8.00. The van der Waals surface area contributed by atoms with Gasteiger partial charge in [0.2, 0.25) is 11.9 Å². The van der Waals surface area contributed by atoms with E-state index in [4.69, 9.17) is 0 Å². The van der Waals surface area contributed by atoms with Gasteiger partial charge in [-0.1, -0.05) is 25.1 Å². The smallest absolute Gasteiger partial charge is 0.264 e. The van der Waals surface area contributed by atoms with Crippen molar-refractivity contribution in [3.63, 3.8) is 0 Å². The number of amides is 1. The lowest BCUT2D eigenvalue weighted by Crippen LogP contribution is -2.16. The molecule has 35 heavy (non-hydrogen) atoms. The van der Waals surface area contributed by atoms with E-state index in [1.54, 1.807) is 26.0 Å². The molecule has 11 heteroatoms. The molecule has 1 amide bonds. The minimum Gasteiger partial charge on any atom is -0.325 e. The van der Waals surface area contributed by atoms with Gasteiger partial charge in [-0.25, -0.2) is 28.1 Å².